The Balaban J connectivity index is 1.71. The van der Waals surface area contributed by atoms with Crippen molar-refractivity contribution in [2.75, 3.05) is 68.5 Å². The first-order valence-electron chi connectivity index (χ1n) is 16.6. The van der Waals surface area contributed by atoms with E-state index in [0.717, 1.165) is 23.9 Å². The normalized spacial score (nSPS) is 12.7. The first-order chi connectivity index (χ1) is 23.8. The van der Waals surface area contributed by atoms with Crippen LogP contribution >= 0.6 is 35.0 Å². The standard InChI is InChI=1S/C37H48Cl2F2N5O3S2/c1-37(2,27-11-16-30(38)33(22-27)49-8)35-24-42-36(45(35)29-14-12-28(40)13-15-29)50-25-26-21-34(32(41)23-31(26)39)51(47,48)44(18-9-17-43(3)4)19-10-20-46(5,6)7/h11-16,21-24H,9-10,17-20,25H2,1-8H3/q+1. The number of sulfonamides is 1. The second-order valence-corrected chi connectivity index (χ2v) is 18.0. The number of thioether (sulfide) groups is 1. The molecular formula is C37H48Cl2F2N5O3S2+. The van der Waals surface area contributed by atoms with Crippen molar-refractivity contribution in [3.63, 3.8) is 0 Å². The van der Waals surface area contributed by atoms with Crippen molar-refractivity contribution in [2.24, 2.45) is 0 Å². The molecule has 0 fully saturated rings. The Kier molecular flexibility index (Phi) is 13.7. The summed E-state index contributed by atoms with van der Waals surface area (Å²) < 4.78 is 67.2. The smallest absolute Gasteiger partial charge is 0.245 e. The fraction of sp³-hybridized carbons (Fsp3) is 0.432. The van der Waals surface area contributed by atoms with Crippen molar-refractivity contribution in [1.82, 2.24) is 18.8 Å². The van der Waals surface area contributed by atoms with Crippen LogP contribution in [0.2, 0.25) is 10.0 Å². The fourth-order valence-electron chi connectivity index (χ4n) is 5.71. The molecule has 0 saturated carbocycles. The lowest BCUT2D eigenvalue weighted by atomic mass is 9.81. The van der Waals surface area contributed by atoms with Gasteiger partial charge in [-0.15, -0.1) is 0 Å². The van der Waals surface area contributed by atoms with Crippen molar-refractivity contribution in [3.8, 4) is 11.4 Å². The Morgan fingerprint density at radius 2 is 1.61 bits per heavy atom. The molecule has 0 amide bonds. The number of methoxy groups -OCH3 is 1. The number of ether oxygens (including phenoxy) is 1. The Labute approximate surface area is 316 Å². The van der Waals surface area contributed by atoms with Gasteiger partial charge in [-0.25, -0.2) is 22.2 Å². The summed E-state index contributed by atoms with van der Waals surface area (Å²) in [6.45, 7) is 6.06. The van der Waals surface area contributed by atoms with Crippen LogP contribution in [0, 0.1) is 11.6 Å². The van der Waals surface area contributed by atoms with Gasteiger partial charge in [-0.2, -0.15) is 4.31 Å². The Morgan fingerprint density at radius 1 is 0.941 bits per heavy atom. The highest BCUT2D eigenvalue weighted by Gasteiger charge is 2.32. The molecular weight excluding hydrogens is 735 g/mol. The summed E-state index contributed by atoms with van der Waals surface area (Å²) in [5, 5.41) is 1.15. The third-order valence-corrected chi connectivity index (χ3v) is 12.2. The van der Waals surface area contributed by atoms with Gasteiger partial charge in [-0.05, 0) is 86.7 Å². The van der Waals surface area contributed by atoms with Gasteiger partial charge in [0.25, 0.3) is 0 Å². The average Bonchev–Trinajstić information content (AvgIpc) is 3.48. The molecule has 0 atom stereocenters. The minimum atomic E-state index is -4.19. The number of halogens is 4. The monoisotopic (exact) mass is 782 g/mol. The summed E-state index contributed by atoms with van der Waals surface area (Å²) in [7, 11) is 7.37. The van der Waals surface area contributed by atoms with E-state index in [1.165, 1.54) is 34.3 Å². The Bertz CT molecular complexity index is 1910. The molecule has 8 nitrogen and oxygen atoms in total. The van der Waals surface area contributed by atoms with Crippen LogP contribution in [-0.4, -0.2) is 100 Å². The Morgan fingerprint density at radius 3 is 2.24 bits per heavy atom. The number of hydrogen-bond donors (Lipinski definition) is 0. The van der Waals surface area contributed by atoms with Gasteiger partial charge in [0.05, 0.1) is 51.7 Å². The molecule has 0 bridgehead atoms. The van der Waals surface area contributed by atoms with Gasteiger partial charge in [-0.3, -0.25) is 4.57 Å². The predicted molar refractivity (Wildman–Crippen MR) is 204 cm³/mol. The fourth-order valence-corrected chi connectivity index (χ4v) is 8.80. The van der Waals surface area contributed by atoms with Crippen LogP contribution in [0.3, 0.4) is 0 Å². The summed E-state index contributed by atoms with van der Waals surface area (Å²) in [5.74, 6) is -0.549. The third-order valence-electron chi connectivity index (χ3n) is 8.65. The van der Waals surface area contributed by atoms with Crippen molar-refractivity contribution < 1.29 is 26.4 Å². The molecule has 1 aromatic heterocycles. The van der Waals surface area contributed by atoms with Crippen LogP contribution < -0.4 is 4.74 Å². The van der Waals surface area contributed by atoms with Crippen LogP contribution in [0.5, 0.6) is 5.75 Å². The van der Waals surface area contributed by atoms with Crippen LogP contribution in [0.1, 0.15) is 43.5 Å². The van der Waals surface area contributed by atoms with E-state index in [4.69, 9.17) is 32.9 Å². The van der Waals surface area contributed by atoms with Crippen molar-refractivity contribution in [1.29, 1.82) is 0 Å². The van der Waals surface area contributed by atoms with Gasteiger partial charge in [-0.1, -0.05) is 54.9 Å². The zero-order valence-corrected chi connectivity index (χ0v) is 33.7. The SMILES string of the molecule is COc1cc(C(C)(C)c2cnc(SCc3cc(S(=O)(=O)N(CCCN(C)C)CCC[N+](C)(C)C)c(F)cc3Cl)n2-c2ccc(F)cc2)ccc1Cl. The number of quaternary nitrogens is 1. The predicted octanol–water partition coefficient (Wildman–Crippen LogP) is 8.12. The van der Waals surface area contributed by atoms with Crippen LogP contribution in [0.15, 0.2) is 70.8 Å². The molecule has 0 spiro atoms. The van der Waals surface area contributed by atoms with E-state index in [1.807, 2.05) is 70.7 Å². The van der Waals surface area contributed by atoms with Crippen molar-refractivity contribution in [2.45, 2.75) is 47.9 Å². The maximum absolute atomic E-state index is 15.5. The van der Waals surface area contributed by atoms with E-state index in [9.17, 15) is 12.8 Å². The van der Waals surface area contributed by atoms with Crippen molar-refractivity contribution in [3.05, 3.63) is 99.3 Å². The van der Waals surface area contributed by atoms with Crippen LogP contribution in [0.25, 0.3) is 5.69 Å². The highest BCUT2D eigenvalue weighted by Crippen LogP contribution is 2.40. The largest absolute Gasteiger partial charge is 0.495 e. The van der Waals surface area contributed by atoms with E-state index in [0.29, 0.717) is 51.0 Å². The summed E-state index contributed by atoms with van der Waals surface area (Å²) in [6.07, 6.45) is 2.98. The summed E-state index contributed by atoms with van der Waals surface area (Å²) in [5.41, 5.74) is 2.22. The van der Waals surface area contributed by atoms with Gasteiger partial charge in [0.2, 0.25) is 10.0 Å². The van der Waals surface area contributed by atoms with E-state index in [1.54, 1.807) is 31.5 Å². The molecule has 0 aliphatic rings. The molecule has 0 radical (unpaired) electrons. The molecule has 0 aliphatic carbocycles. The molecule has 3 aromatic carbocycles. The van der Waals surface area contributed by atoms with Gasteiger partial charge in [0.1, 0.15) is 22.3 Å². The number of hydrogen-bond acceptors (Lipinski definition) is 6. The van der Waals surface area contributed by atoms with E-state index in [-0.39, 0.29) is 29.7 Å². The number of nitrogens with zero attached hydrogens (tertiary/aromatic N) is 5. The lowest BCUT2D eigenvalue weighted by Gasteiger charge is -2.28. The highest BCUT2D eigenvalue weighted by molar-refractivity contribution is 7.98. The van der Waals surface area contributed by atoms with Crippen LogP contribution in [0.4, 0.5) is 8.78 Å². The second kappa shape index (κ2) is 17.0. The maximum Gasteiger partial charge on any atom is 0.245 e. The molecule has 278 valence electrons. The molecule has 0 unspecified atom stereocenters. The molecule has 14 heteroatoms. The summed E-state index contributed by atoms with van der Waals surface area (Å²) in [4.78, 5) is 6.34. The number of aromatic nitrogens is 2. The molecule has 51 heavy (non-hydrogen) atoms. The summed E-state index contributed by atoms with van der Waals surface area (Å²) >= 11 is 14.2. The average molecular weight is 784 g/mol. The van der Waals surface area contributed by atoms with E-state index in [2.05, 4.69) is 0 Å². The van der Waals surface area contributed by atoms with E-state index >= 15 is 4.39 Å². The number of benzene rings is 3. The first-order valence-corrected chi connectivity index (χ1v) is 19.8. The number of imidazole rings is 1. The Hall–Kier alpha value is -2.71. The maximum atomic E-state index is 15.5. The lowest BCUT2D eigenvalue weighted by Crippen LogP contribution is -2.39. The summed E-state index contributed by atoms with van der Waals surface area (Å²) in [6, 6.07) is 14.1. The van der Waals surface area contributed by atoms with Crippen LogP contribution in [-0.2, 0) is 21.2 Å². The van der Waals surface area contributed by atoms with E-state index < -0.39 is 26.2 Å². The molecule has 0 saturated heterocycles. The van der Waals surface area contributed by atoms with Crippen molar-refractivity contribution >= 4 is 45.0 Å². The zero-order valence-electron chi connectivity index (χ0n) is 30.5. The van der Waals surface area contributed by atoms with Gasteiger partial charge in [0, 0.05) is 41.4 Å². The minimum absolute atomic E-state index is 0.108. The molecule has 0 aliphatic heterocycles. The number of rotatable bonds is 17. The molecule has 4 aromatic rings. The second-order valence-electron chi connectivity index (χ2n) is 14.3. The molecule has 1 heterocycles. The third kappa shape index (κ3) is 10.2. The highest BCUT2D eigenvalue weighted by atomic mass is 35.5. The lowest BCUT2D eigenvalue weighted by molar-refractivity contribution is -0.870. The first kappa shape index (κ1) is 41.1. The topological polar surface area (TPSA) is 67.7 Å². The zero-order chi connectivity index (χ0) is 37.7. The minimum Gasteiger partial charge on any atom is -0.495 e. The molecule has 0 N–H and O–H groups in total. The quantitative estimate of drug-likeness (QED) is 0.0797. The van der Waals surface area contributed by atoms with Gasteiger partial charge < -0.3 is 14.1 Å². The molecule has 4 rings (SSSR count). The van der Waals surface area contributed by atoms with Gasteiger partial charge in [0.15, 0.2) is 5.16 Å². The van der Waals surface area contributed by atoms with Gasteiger partial charge >= 0.3 is 0 Å².